The van der Waals surface area contributed by atoms with E-state index in [2.05, 4.69) is 10.3 Å². The highest BCUT2D eigenvalue weighted by Crippen LogP contribution is 2.39. The van der Waals surface area contributed by atoms with E-state index in [4.69, 9.17) is 0 Å². The first-order chi connectivity index (χ1) is 8.52. The van der Waals surface area contributed by atoms with E-state index in [-0.39, 0.29) is 6.04 Å². The minimum atomic E-state index is -4.33. The number of hydrogen-bond acceptors (Lipinski definition) is 4. The smallest absolute Gasteiger partial charge is 0.309 e. The van der Waals surface area contributed by atoms with Gasteiger partial charge in [-0.05, 0) is 30.4 Å². The van der Waals surface area contributed by atoms with Gasteiger partial charge < -0.3 is 5.32 Å². The van der Waals surface area contributed by atoms with Gasteiger partial charge in [-0.2, -0.15) is 24.9 Å². The molecule has 0 aromatic carbocycles. The van der Waals surface area contributed by atoms with Crippen molar-refractivity contribution in [2.75, 3.05) is 18.1 Å². The van der Waals surface area contributed by atoms with Crippen molar-refractivity contribution in [1.29, 1.82) is 0 Å². The van der Waals surface area contributed by atoms with Crippen LogP contribution in [0.3, 0.4) is 0 Å². The quantitative estimate of drug-likeness (QED) is 0.919. The first-order valence-electron chi connectivity index (χ1n) is 5.86. The minimum absolute atomic E-state index is 0.0126. The summed E-state index contributed by atoms with van der Waals surface area (Å²) < 4.78 is 37.7. The van der Waals surface area contributed by atoms with Gasteiger partial charge in [0.2, 0.25) is 0 Å². The highest BCUT2D eigenvalue weighted by molar-refractivity contribution is 7.99. The second kappa shape index (κ2) is 5.79. The van der Waals surface area contributed by atoms with Crippen molar-refractivity contribution < 1.29 is 13.2 Å². The van der Waals surface area contributed by atoms with Crippen LogP contribution in [0.15, 0.2) is 6.20 Å². The van der Waals surface area contributed by atoms with Crippen LogP contribution < -0.4 is 5.32 Å². The number of aromatic nitrogens is 1. The summed E-state index contributed by atoms with van der Waals surface area (Å²) in [5.41, 5.74) is 0. The molecule has 1 aliphatic rings. The monoisotopic (exact) mass is 296 g/mol. The third kappa shape index (κ3) is 3.19. The van der Waals surface area contributed by atoms with Gasteiger partial charge in [0, 0.05) is 17.1 Å². The minimum Gasteiger partial charge on any atom is -0.309 e. The third-order valence-corrected chi connectivity index (χ3v) is 5.25. The zero-order valence-electron chi connectivity index (χ0n) is 9.96. The molecule has 2 unspecified atom stereocenters. The van der Waals surface area contributed by atoms with Crippen molar-refractivity contribution >= 4 is 23.1 Å². The van der Waals surface area contributed by atoms with E-state index >= 15 is 0 Å². The predicted molar refractivity (Wildman–Crippen MR) is 69.0 cm³/mol. The summed E-state index contributed by atoms with van der Waals surface area (Å²) in [6.07, 6.45) is -1.89. The number of alkyl halides is 3. The largest absolute Gasteiger partial charge is 0.443 e. The highest BCUT2D eigenvalue weighted by atomic mass is 32.2. The molecule has 2 heterocycles. The van der Waals surface area contributed by atoms with Gasteiger partial charge in [-0.3, -0.25) is 0 Å². The van der Waals surface area contributed by atoms with Crippen molar-refractivity contribution in [1.82, 2.24) is 10.3 Å². The molecule has 102 valence electrons. The molecule has 2 atom stereocenters. The van der Waals surface area contributed by atoms with E-state index in [1.165, 1.54) is 6.20 Å². The summed E-state index contributed by atoms with van der Waals surface area (Å²) in [5.74, 6) is 2.52. The Balaban J connectivity index is 2.17. The van der Waals surface area contributed by atoms with E-state index < -0.39 is 11.2 Å². The Hall–Kier alpha value is -0.270. The molecular formula is C11H15F3N2S2. The summed E-state index contributed by atoms with van der Waals surface area (Å²) in [5, 5.41) is 2.55. The van der Waals surface area contributed by atoms with Crippen LogP contribution in [-0.4, -0.2) is 23.0 Å². The van der Waals surface area contributed by atoms with Crippen molar-refractivity contribution in [3.05, 3.63) is 16.1 Å². The lowest BCUT2D eigenvalue weighted by molar-refractivity contribution is -0.137. The van der Waals surface area contributed by atoms with Gasteiger partial charge in [0.1, 0.15) is 0 Å². The lowest BCUT2D eigenvalue weighted by Gasteiger charge is -2.22. The Morgan fingerprint density at radius 2 is 2.33 bits per heavy atom. The average Bonchev–Trinajstić information content (AvgIpc) is 2.96. The Morgan fingerprint density at radius 1 is 1.56 bits per heavy atom. The predicted octanol–water partition coefficient (Wildman–Crippen LogP) is 3.57. The fourth-order valence-corrected chi connectivity index (χ4v) is 4.35. The summed E-state index contributed by atoms with van der Waals surface area (Å²) in [6, 6.07) is 0.0126. The molecule has 1 saturated heterocycles. The maximum Gasteiger partial charge on any atom is 0.443 e. The maximum absolute atomic E-state index is 12.6. The second-order valence-electron chi connectivity index (χ2n) is 4.22. The van der Waals surface area contributed by atoms with Gasteiger partial charge >= 0.3 is 6.18 Å². The number of nitrogens with one attached hydrogen (secondary N) is 1. The number of rotatable bonds is 4. The van der Waals surface area contributed by atoms with Gasteiger partial charge in [-0.15, -0.1) is 11.3 Å². The van der Waals surface area contributed by atoms with Crippen molar-refractivity contribution in [3.63, 3.8) is 0 Å². The summed E-state index contributed by atoms with van der Waals surface area (Å²) in [7, 11) is 0. The van der Waals surface area contributed by atoms with E-state index in [1.807, 2.05) is 18.7 Å². The van der Waals surface area contributed by atoms with Crippen LogP contribution >= 0.6 is 23.1 Å². The van der Waals surface area contributed by atoms with Gasteiger partial charge in [0.25, 0.3) is 0 Å². The molecule has 1 fully saturated rings. The van der Waals surface area contributed by atoms with Crippen LogP contribution in [0.25, 0.3) is 0 Å². The van der Waals surface area contributed by atoms with Crippen molar-refractivity contribution in [3.8, 4) is 0 Å². The topological polar surface area (TPSA) is 24.9 Å². The van der Waals surface area contributed by atoms with E-state index in [1.54, 1.807) is 0 Å². The first kappa shape index (κ1) is 14.1. The lowest BCUT2D eigenvalue weighted by atomic mass is 9.98. The molecule has 1 aromatic heterocycles. The molecule has 0 aliphatic carbocycles. The Morgan fingerprint density at radius 3 is 2.83 bits per heavy atom. The fraction of sp³-hybridized carbons (Fsp3) is 0.727. The van der Waals surface area contributed by atoms with Crippen LogP contribution in [0.2, 0.25) is 0 Å². The average molecular weight is 296 g/mol. The van der Waals surface area contributed by atoms with Crippen molar-refractivity contribution in [2.24, 2.45) is 5.92 Å². The molecule has 18 heavy (non-hydrogen) atoms. The molecular weight excluding hydrogens is 281 g/mol. The van der Waals surface area contributed by atoms with Crippen LogP contribution in [-0.2, 0) is 6.18 Å². The maximum atomic E-state index is 12.6. The number of hydrogen-bond donors (Lipinski definition) is 1. The Labute approximate surface area is 112 Å². The normalized spacial score (nSPS) is 22.3. The van der Waals surface area contributed by atoms with Gasteiger partial charge in [0.05, 0.1) is 0 Å². The molecule has 0 amide bonds. The lowest BCUT2D eigenvalue weighted by Crippen LogP contribution is -2.27. The zero-order valence-corrected chi connectivity index (χ0v) is 11.6. The summed E-state index contributed by atoms with van der Waals surface area (Å²) in [6.45, 7) is 2.73. The Bertz CT molecular complexity index is 386. The zero-order chi connectivity index (χ0) is 13.2. The van der Waals surface area contributed by atoms with E-state index in [0.717, 1.165) is 35.8 Å². The standard InChI is InChI=1S/C11H15F3N2S2/c1-2-15-9(7-3-4-17-6-7)8-5-16-10(18-8)11(12,13)14/h5,7,9,15H,2-4,6H2,1H3. The van der Waals surface area contributed by atoms with Crippen molar-refractivity contribution in [2.45, 2.75) is 25.6 Å². The SMILES string of the molecule is CCNC(c1cnc(C(F)(F)F)s1)C1CCSC1. The molecule has 2 nitrogen and oxygen atoms in total. The van der Waals surface area contributed by atoms with Crippen LogP contribution in [0.1, 0.15) is 29.3 Å². The second-order valence-corrected chi connectivity index (χ2v) is 6.44. The highest BCUT2D eigenvalue weighted by Gasteiger charge is 2.36. The van der Waals surface area contributed by atoms with Gasteiger partial charge in [-0.25, -0.2) is 4.98 Å². The molecule has 1 aliphatic heterocycles. The third-order valence-electron chi connectivity index (χ3n) is 2.93. The number of halogens is 3. The summed E-state index contributed by atoms with van der Waals surface area (Å²) >= 11 is 2.63. The molecule has 1 N–H and O–H groups in total. The van der Waals surface area contributed by atoms with E-state index in [0.29, 0.717) is 10.8 Å². The van der Waals surface area contributed by atoms with E-state index in [9.17, 15) is 13.2 Å². The molecule has 0 bridgehead atoms. The number of thioether (sulfide) groups is 1. The number of thiazole rings is 1. The van der Waals surface area contributed by atoms with Gasteiger partial charge in [-0.1, -0.05) is 6.92 Å². The molecule has 0 saturated carbocycles. The molecule has 0 spiro atoms. The van der Waals surface area contributed by atoms with Crippen LogP contribution in [0.5, 0.6) is 0 Å². The molecule has 0 radical (unpaired) electrons. The fourth-order valence-electron chi connectivity index (χ4n) is 2.10. The first-order valence-corrected chi connectivity index (χ1v) is 7.83. The van der Waals surface area contributed by atoms with Crippen LogP contribution in [0.4, 0.5) is 13.2 Å². The molecule has 7 heteroatoms. The van der Waals surface area contributed by atoms with Crippen LogP contribution in [0, 0.1) is 5.92 Å². The number of nitrogens with zero attached hydrogens (tertiary/aromatic N) is 1. The molecule has 1 aromatic rings. The van der Waals surface area contributed by atoms with Gasteiger partial charge in [0.15, 0.2) is 5.01 Å². The summed E-state index contributed by atoms with van der Waals surface area (Å²) in [4.78, 5) is 4.21. The molecule has 2 rings (SSSR count). The Kier molecular flexibility index (Phi) is 4.55.